The first-order valence-corrected chi connectivity index (χ1v) is 8.80. The Hall–Kier alpha value is -2.04. The minimum atomic E-state index is -0.263. The van der Waals surface area contributed by atoms with Gasteiger partial charge in [-0.2, -0.15) is 0 Å². The summed E-state index contributed by atoms with van der Waals surface area (Å²) in [6.45, 7) is 1.06. The summed E-state index contributed by atoms with van der Waals surface area (Å²) in [5.41, 5.74) is 0.603. The number of benzene rings is 2. The summed E-state index contributed by atoms with van der Waals surface area (Å²) in [4.78, 5) is 26.5. The van der Waals surface area contributed by atoms with Crippen molar-refractivity contribution in [3.05, 3.63) is 64.1 Å². The zero-order valence-electron chi connectivity index (χ0n) is 13.5. The fourth-order valence-corrected chi connectivity index (χ4v) is 3.05. The van der Waals surface area contributed by atoms with Crippen LogP contribution in [0.15, 0.2) is 48.5 Å². The standard InChI is InChI=1S/C19H17Cl2NO3/c20-15-3-1-13(2-4-15)18(23)22-11-9-14(10-12-22)19(24)25-17-7-5-16(21)6-8-17/h1-8,14H,9-12H2. The van der Waals surface area contributed by atoms with Crippen LogP contribution in [0.5, 0.6) is 5.75 Å². The van der Waals surface area contributed by atoms with E-state index in [-0.39, 0.29) is 17.8 Å². The minimum absolute atomic E-state index is 0.0406. The Bertz CT molecular complexity index is 751. The van der Waals surface area contributed by atoms with Crippen molar-refractivity contribution in [2.45, 2.75) is 12.8 Å². The molecule has 0 unspecified atom stereocenters. The summed E-state index contributed by atoms with van der Waals surface area (Å²) in [7, 11) is 0. The number of likely N-dealkylation sites (tertiary alicyclic amines) is 1. The second kappa shape index (κ2) is 7.89. The van der Waals surface area contributed by atoms with Crippen molar-refractivity contribution in [1.29, 1.82) is 0 Å². The predicted octanol–water partition coefficient (Wildman–Crippen LogP) is 4.45. The van der Waals surface area contributed by atoms with Crippen LogP contribution in [0.2, 0.25) is 10.0 Å². The van der Waals surface area contributed by atoms with E-state index < -0.39 is 0 Å². The summed E-state index contributed by atoms with van der Waals surface area (Å²) in [6.07, 6.45) is 1.18. The van der Waals surface area contributed by atoms with Crippen molar-refractivity contribution < 1.29 is 14.3 Å². The minimum Gasteiger partial charge on any atom is -0.426 e. The smallest absolute Gasteiger partial charge is 0.314 e. The van der Waals surface area contributed by atoms with Crippen molar-refractivity contribution in [2.75, 3.05) is 13.1 Å². The summed E-state index contributed by atoms with van der Waals surface area (Å²) >= 11 is 11.7. The van der Waals surface area contributed by atoms with Gasteiger partial charge in [-0.25, -0.2) is 0 Å². The Labute approximate surface area is 156 Å². The number of esters is 1. The summed E-state index contributed by atoms with van der Waals surface area (Å²) < 4.78 is 5.39. The molecule has 1 aliphatic heterocycles. The number of hydrogen-bond acceptors (Lipinski definition) is 3. The van der Waals surface area contributed by atoms with E-state index in [2.05, 4.69) is 0 Å². The largest absolute Gasteiger partial charge is 0.426 e. The van der Waals surface area contributed by atoms with Crippen LogP contribution in [0.25, 0.3) is 0 Å². The lowest BCUT2D eigenvalue weighted by molar-refractivity contribution is -0.140. The van der Waals surface area contributed by atoms with Crippen molar-refractivity contribution >= 4 is 35.1 Å². The lowest BCUT2D eigenvalue weighted by Crippen LogP contribution is -2.41. The number of rotatable bonds is 3. The Kier molecular flexibility index (Phi) is 5.61. The van der Waals surface area contributed by atoms with Gasteiger partial charge in [0.1, 0.15) is 5.75 Å². The highest BCUT2D eigenvalue weighted by molar-refractivity contribution is 6.30. The van der Waals surface area contributed by atoms with Crippen LogP contribution in [0.3, 0.4) is 0 Å². The number of nitrogens with zero attached hydrogens (tertiary/aromatic N) is 1. The lowest BCUT2D eigenvalue weighted by Gasteiger charge is -2.31. The third kappa shape index (κ3) is 4.53. The van der Waals surface area contributed by atoms with Gasteiger partial charge in [-0.3, -0.25) is 9.59 Å². The SMILES string of the molecule is O=C(Oc1ccc(Cl)cc1)C1CCN(C(=O)c2ccc(Cl)cc2)CC1. The van der Waals surface area contributed by atoms with E-state index in [4.69, 9.17) is 27.9 Å². The molecular formula is C19H17Cl2NO3. The molecule has 0 aliphatic carbocycles. The number of halogens is 2. The summed E-state index contributed by atoms with van der Waals surface area (Å²) in [5, 5.41) is 1.19. The third-order valence-corrected chi connectivity index (χ3v) is 4.74. The van der Waals surface area contributed by atoms with Gasteiger partial charge in [-0.1, -0.05) is 23.2 Å². The Morgan fingerprint density at radius 3 is 1.96 bits per heavy atom. The molecule has 1 fully saturated rings. The van der Waals surface area contributed by atoms with Gasteiger partial charge in [0.05, 0.1) is 5.92 Å². The molecule has 0 saturated carbocycles. The van der Waals surface area contributed by atoms with Crippen LogP contribution in [-0.4, -0.2) is 29.9 Å². The topological polar surface area (TPSA) is 46.6 Å². The average molecular weight is 378 g/mol. The summed E-state index contributed by atoms with van der Waals surface area (Å²) in [6, 6.07) is 13.5. The molecule has 0 atom stereocenters. The molecule has 3 rings (SSSR count). The van der Waals surface area contributed by atoms with Gasteiger partial charge in [-0.15, -0.1) is 0 Å². The molecule has 0 bridgehead atoms. The van der Waals surface area contributed by atoms with Crippen LogP contribution in [0.1, 0.15) is 23.2 Å². The van der Waals surface area contributed by atoms with E-state index in [9.17, 15) is 9.59 Å². The molecule has 0 aromatic heterocycles. The normalized spacial score (nSPS) is 15.0. The van der Waals surface area contributed by atoms with Crippen LogP contribution >= 0.6 is 23.2 Å². The van der Waals surface area contributed by atoms with Crippen LogP contribution in [0, 0.1) is 5.92 Å². The average Bonchev–Trinajstić information content (AvgIpc) is 2.64. The van der Waals surface area contributed by atoms with Crippen molar-refractivity contribution in [1.82, 2.24) is 4.90 Å². The zero-order chi connectivity index (χ0) is 17.8. The first-order valence-electron chi connectivity index (χ1n) is 8.05. The van der Waals surface area contributed by atoms with Crippen LogP contribution in [0.4, 0.5) is 0 Å². The molecule has 2 aromatic rings. The van der Waals surface area contributed by atoms with Crippen LogP contribution in [-0.2, 0) is 4.79 Å². The number of carbonyl (C=O) groups is 2. The molecule has 0 radical (unpaired) electrons. The highest BCUT2D eigenvalue weighted by atomic mass is 35.5. The molecule has 1 aliphatic rings. The van der Waals surface area contributed by atoms with Gasteiger partial charge in [-0.05, 0) is 61.4 Å². The van der Waals surface area contributed by atoms with Gasteiger partial charge in [0.25, 0.3) is 5.91 Å². The highest BCUT2D eigenvalue weighted by Crippen LogP contribution is 2.23. The van der Waals surface area contributed by atoms with E-state index in [1.807, 2.05) is 0 Å². The number of carbonyl (C=O) groups excluding carboxylic acids is 2. The maximum absolute atomic E-state index is 12.5. The van der Waals surface area contributed by atoms with E-state index in [0.717, 1.165) is 0 Å². The number of amides is 1. The van der Waals surface area contributed by atoms with E-state index >= 15 is 0 Å². The van der Waals surface area contributed by atoms with E-state index in [1.165, 1.54) is 0 Å². The Balaban J connectivity index is 1.54. The fraction of sp³-hybridized carbons (Fsp3) is 0.263. The zero-order valence-corrected chi connectivity index (χ0v) is 15.0. The van der Waals surface area contributed by atoms with Crippen LogP contribution < -0.4 is 4.74 Å². The van der Waals surface area contributed by atoms with Gasteiger partial charge in [0.2, 0.25) is 0 Å². The number of hydrogen-bond donors (Lipinski definition) is 0. The second-order valence-electron chi connectivity index (χ2n) is 5.95. The molecule has 0 N–H and O–H groups in total. The van der Waals surface area contributed by atoms with Crippen molar-refractivity contribution in [3.63, 3.8) is 0 Å². The lowest BCUT2D eigenvalue weighted by atomic mass is 9.96. The Morgan fingerprint density at radius 2 is 1.40 bits per heavy atom. The number of piperidine rings is 1. The van der Waals surface area contributed by atoms with Gasteiger partial charge < -0.3 is 9.64 Å². The molecule has 1 amide bonds. The quantitative estimate of drug-likeness (QED) is 0.586. The Morgan fingerprint density at radius 1 is 0.880 bits per heavy atom. The van der Waals surface area contributed by atoms with Crippen molar-refractivity contribution in [2.24, 2.45) is 5.92 Å². The maximum atomic E-state index is 12.5. The maximum Gasteiger partial charge on any atom is 0.314 e. The van der Waals surface area contributed by atoms with Gasteiger partial charge in [0, 0.05) is 28.7 Å². The second-order valence-corrected chi connectivity index (χ2v) is 6.82. The fourth-order valence-electron chi connectivity index (χ4n) is 2.80. The number of ether oxygens (including phenoxy) is 1. The summed E-state index contributed by atoms with van der Waals surface area (Å²) in [5.74, 6) is -0.0267. The molecule has 0 spiro atoms. The molecule has 130 valence electrons. The molecule has 1 saturated heterocycles. The first-order chi connectivity index (χ1) is 12.0. The molecule has 4 nitrogen and oxygen atoms in total. The van der Waals surface area contributed by atoms with E-state index in [0.29, 0.717) is 47.3 Å². The van der Waals surface area contributed by atoms with Crippen molar-refractivity contribution in [3.8, 4) is 5.75 Å². The van der Waals surface area contributed by atoms with Gasteiger partial charge in [0.15, 0.2) is 0 Å². The predicted molar refractivity (Wildman–Crippen MR) is 97.2 cm³/mol. The first kappa shape index (κ1) is 17.8. The molecule has 1 heterocycles. The third-order valence-electron chi connectivity index (χ3n) is 4.24. The van der Waals surface area contributed by atoms with E-state index in [1.54, 1.807) is 53.4 Å². The van der Waals surface area contributed by atoms with Gasteiger partial charge >= 0.3 is 5.97 Å². The molecule has 6 heteroatoms. The molecular weight excluding hydrogens is 361 g/mol. The highest BCUT2D eigenvalue weighted by Gasteiger charge is 2.29. The molecule has 25 heavy (non-hydrogen) atoms. The monoisotopic (exact) mass is 377 g/mol. The molecule has 2 aromatic carbocycles.